The van der Waals surface area contributed by atoms with Crippen molar-refractivity contribution in [3.63, 3.8) is 0 Å². The molecule has 1 aliphatic rings. The van der Waals surface area contributed by atoms with Crippen LogP contribution < -0.4 is 15.4 Å². The van der Waals surface area contributed by atoms with Crippen molar-refractivity contribution in [3.8, 4) is 5.75 Å². The van der Waals surface area contributed by atoms with Gasteiger partial charge in [-0.25, -0.2) is 9.38 Å². The van der Waals surface area contributed by atoms with E-state index < -0.39 is 12.4 Å². The summed E-state index contributed by atoms with van der Waals surface area (Å²) in [7, 11) is 0. The highest BCUT2D eigenvalue weighted by Crippen LogP contribution is 2.24. The number of nitrogens with one attached hydrogen (secondary N) is 2. The average molecular weight is 372 g/mol. The maximum atomic E-state index is 14.0. The van der Waals surface area contributed by atoms with Crippen molar-refractivity contribution >= 4 is 5.96 Å². The van der Waals surface area contributed by atoms with Crippen molar-refractivity contribution < 1.29 is 17.9 Å². The summed E-state index contributed by atoms with van der Waals surface area (Å²) in [5, 5.41) is 6.36. The highest BCUT2D eigenvalue weighted by atomic mass is 19.3. The lowest BCUT2D eigenvalue weighted by molar-refractivity contribution is -0.0506. The van der Waals surface area contributed by atoms with E-state index in [1.54, 1.807) is 0 Å². The molecule has 1 fully saturated rings. The van der Waals surface area contributed by atoms with Crippen molar-refractivity contribution in [1.82, 2.24) is 15.5 Å². The monoisotopic (exact) mass is 372 g/mol. The van der Waals surface area contributed by atoms with Gasteiger partial charge in [-0.2, -0.15) is 8.78 Å². The maximum absolute atomic E-state index is 14.0. The van der Waals surface area contributed by atoms with E-state index in [1.807, 2.05) is 6.92 Å². The van der Waals surface area contributed by atoms with Crippen molar-refractivity contribution in [2.75, 3.05) is 26.2 Å². The molecule has 1 atom stereocenters. The second-order valence-electron chi connectivity index (χ2n) is 6.10. The Labute approximate surface area is 152 Å². The van der Waals surface area contributed by atoms with Gasteiger partial charge in [0.1, 0.15) is 11.6 Å². The van der Waals surface area contributed by atoms with Crippen LogP contribution >= 0.6 is 0 Å². The number of halogens is 3. The predicted molar refractivity (Wildman–Crippen MR) is 96.1 cm³/mol. The largest absolute Gasteiger partial charge is 0.434 e. The zero-order chi connectivity index (χ0) is 18.9. The molecular weight excluding hydrogens is 345 g/mol. The molecule has 1 aromatic rings. The van der Waals surface area contributed by atoms with Crippen molar-refractivity contribution in [2.45, 2.75) is 45.9 Å². The number of rotatable bonds is 8. The van der Waals surface area contributed by atoms with Gasteiger partial charge in [0.15, 0.2) is 5.96 Å². The molecule has 1 saturated heterocycles. The van der Waals surface area contributed by atoms with Crippen molar-refractivity contribution in [3.05, 3.63) is 29.6 Å². The van der Waals surface area contributed by atoms with Crippen LogP contribution in [0.2, 0.25) is 0 Å². The summed E-state index contributed by atoms with van der Waals surface area (Å²) in [6.45, 7) is 4.45. The molecule has 1 aliphatic heterocycles. The van der Waals surface area contributed by atoms with E-state index >= 15 is 0 Å². The van der Waals surface area contributed by atoms with Gasteiger partial charge in [0.25, 0.3) is 0 Å². The molecule has 0 aliphatic carbocycles. The van der Waals surface area contributed by atoms with E-state index in [0.717, 1.165) is 26.1 Å². The Morgan fingerprint density at radius 2 is 2.15 bits per heavy atom. The zero-order valence-electron chi connectivity index (χ0n) is 15.3. The van der Waals surface area contributed by atoms with E-state index in [-0.39, 0.29) is 17.9 Å². The Bertz CT molecular complexity index is 598. The smallest absolute Gasteiger partial charge is 0.387 e. The molecule has 0 radical (unpaired) electrons. The average Bonchev–Trinajstić information content (AvgIpc) is 3.06. The number of alkyl halides is 2. The summed E-state index contributed by atoms with van der Waals surface area (Å²) >= 11 is 0. The number of benzene rings is 1. The minimum absolute atomic E-state index is 0.0149. The molecule has 1 heterocycles. The molecule has 8 heteroatoms. The van der Waals surface area contributed by atoms with Crippen LogP contribution in [0.1, 0.15) is 32.3 Å². The molecule has 2 rings (SSSR count). The van der Waals surface area contributed by atoms with Crippen LogP contribution in [-0.4, -0.2) is 49.7 Å². The summed E-state index contributed by atoms with van der Waals surface area (Å²) < 4.78 is 43.4. The Kier molecular flexibility index (Phi) is 8.03. The SMILES string of the molecule is CCNC(=NCc1c(F)cccc1OC(F)F)NCC1CCCN1CC. The minimum atomic E-state index is -3.01. The molecule has 1 unspecified atom stereocenters. The first-order chi connectivity index (χ1) is 12.5. The quantitative estimate of drug-likeness (QED) is 0.544. The number of hydrogen-bond acceptors (Lipinski definition) is 3. The van der Waals surface area contributed by atoms with Gasteiger partial charge in [0.2, 0.25) is 0 Å². The first-order valence-corrected chi connectivity index (χ1v) is 9.03. The predicted octanol–water partition coefficient (Wildman–Crippen LogP) is 2.97. The van der Waals surface area contributed by atoms with Gasteiger partial charge in [0, 0.05) is 19.1 Å². The van der Waals surface area contributed by atoms with Crippen molar-refractivity contribution in [1.29, 1.82) is 0 Å². The Morgan fingerprint density at radius 1 is 1.35 bits per heavy atom. The van der Waals surface area contributed by atoms with Crippen LogP contribution in [0.5, 0.6) is 5.75 Å². The molecule has 0 amide bonds. The summed E-state index contributed by atoms with van der Waals surface area (Å²) in [6, 6.07) is 4.30. The first-order valence-electron chi connectivity index (χ1n) is 9.03. The van der Waals surface area contributed by atoms with Crippen LogP contribution in [0, 0.1) is 5.82 Å². The van der Waals surface area contributed by atoms with E-state index in [4.69, 9.17) is 0 Å². The van der Waals surface area contributed by atoms with E-state index in [9.17, 15) is 13.2 Å². The Morgan fingerprint density at radius 3 is 2.85 bits per heavy atom. The lowest BCUT2D eigenvalue weighted by Gasteiger charge is -2.24. The van der Waals surface area contributed by atoms with Gasteiger partial charge in [-0.05, 0) is 45.0 Å². The number of aliphatic imine (C=N–C) groups is 1. The molecule has 0 spiro atoms. The summed E-state index contributed by atoms with van der Waals surface area (Å²) in [6.07, 6.45) is 2.30. The third kappa shape index (κ3) is 5.79. The standard InChI is InChI=1S/C18H27F3N4O/c1-3-22-18(23-11-13-7-6-10-25(13)4-2)24-12-14-15(19)8-5-9-16(14)26-17(20)21/h5,8-9,13,17H,3-4,6-7,10-12H2,1-2H3,(H2,22,23,24). The van der Waals surface area contributed by atoms with E-state index in [2.05, 4.69) is 32.2 Å². The van der Waals surface area contributed by atoms with Gasteiger partial charge >= 0.3 is 6.61 Å². The Hall–Kier alpha value is -1.96. The normalized spacial score (nSPS) is 18.4. The van der Waals surface area contributed by atoms with Gasteiger partial charge < -0.3 is 15.4 Å². The van der Waals surface area contributed by atoms with E-state index in [1.165, 1.54) is 24.6 Å². The molecule has 5 nitrogen and oxygen atoms in total. The molecule has 0 bridgehead atoms. The van der Waals surface area contributed by atoms with Gasteiger partial charge in [-0.3, -0.25) is 4.90 Å². The van der Waals surface area contributed by atoms with Gasteiger partial charge in [-0.1, -0.05) is 13.0 Å². The number of nitrogens with zero attached hydrogens (tertiary/aromatic N) is 2. The Balaban J connectivity index is 2.04. The minimum Gasteiger partial charge on any atom is -0.434 e. The molecule has 26 heavy (non-hydrogen) atoms. The number of hydrogen-bond donors (Lipinski definition) is 2. The van der Waals surface area contributed by atoms with Gasteiger partial charge in [0.05, 0.1) is 12.1 Å². The van der Waals surface area contributed by atoms with E-state index in [0.29, 0.717) is 18.5 Å². The second kappa shape index (κ2) is 10.3. The topological polar surface area (TPSA) is 48.9 Å². The fourth-order valence-corrected chi connectivity index (χ4v) is 3.16. The number of likely N-dealkylation sites (tertiary alicyclic amines) is 1. The molecule has 1 aromatic carbocycles. The van der Waals surface area contributed by atoms with Gasteiger partial charge in [-0.15, -0.1) is 0 Å². The van der Waals surface area contributed by atoms with Crippen LogP contribution in [-0.2, 0) is 6.54 Å². The second-order valence-corrected chi connectivity index (χ2v) is 6.10. The molecule has 146 valence electrons. The summed E-state index contributed by atoms with van der Waals surface area (Å²) in [5.74, 6) is -0.273. The first kappa shape index (κ1) is 20.4. The molecular formula is C18H27F3N4O. The molecule has 0 aromatic heterocycles. The third-order valence-electron chi connectivity index (χ3n) is 4.44. The number of ether oxygens (including phenoxy) is 1. The molecule has 2 N–H and O–H groups in total. The lowest BCUT2D eigenvalue weighted by Crippen LogP contribution is -2.44. The van der Waals surface area contributed by atoms with Crippen molar-refractivity contribution in [2.24, 2.45) is 4.99 Å². The zero-order valence-corrected chi connectivity index (χ0v) is 15.3. The summed E-state index contributed by atoms with van der Waals surface area (Å²) in [5.41, 5.74) is 0.0149. The lowest BCUT2D eigenvalue weighted by atomic mass is 10.2. The number of guanidine groups is 1. The summed E-state index contributed by atoms with van der Waals surface area (Å²) in [4.78, 5) is 6.74. The van der Waals surface area contributed by atoms with Crippen LogP contribution in [0.4, 0.5) is 13.2 Å². The maximum Gasteiger partial charge on any atom is 0.387 e. The van der Waals surface area contributed by atoms with Crippen LogP contribution in [0.3, 0.4) is 0 Å². The highest BCUT2D eigenvalue weighted by Gasteiger charge is 2.22. The molecule has 0 saturated carbocycles. The highest BCUT2D eigenvalue weighted by molar-refractivity contribution is 5.79. The fraction of sp³-hybridized carbons (Fsp3) is 0.611. The van der Waals surface area contributed by atoms with Crippen LogP contribution in [0.25, 0.3) is 0 Å². The fourth-order valence-electron chi connectivity index (χ4n) is 3.16. The number of likely N-dealkylation sites (N-methyl/N-ethyl adjacent to an activating group) is 1. The third-order valence-corrected chi connectivity index (χ3v) is 4.44. The van der Waals surface area contributed by atoms with Crippen LogP contribution in [0.15, 0.2) is 23.2 Å².